The highest BCUT2D eigenvalue weighted by Crippen LogP contribution is 2.15. The third-order valence-corrected chi connectivity index (χ3v) is 4.49. The van der Waals surface area contributed by atoms with Crippen molar-refractivity contribution in [3.63, 3.8) is 0 Å². The molecule has 0 saturated heterocycles. The van der Waals surface area contributed by atoms with Crippen molar-refractivity contribution < 1.29 is 22.3 Å². The number of sulfonamides is 1. The summed E-state index contributed by atoms with van der Waals surface area (Å²) in [5.41, 5.74) is -0.297. The Hall–Kier alpha value is -1.67. The van der Waals surface area contributed by atoms with Crippen molar-refractivity contribution in [1.29, 1.82) is 0 Å². The number of carbonyl (C=O) groups is 1. The standard InChI is InChI=1S/C15H23FN2O4S/c1-11-10-12(16)6-7-13(11)23(20,21)17-8-9-18(5)14(19)22-15(2,3)4/h6-7,10,17H,8-9H2,1-5H3. The molecule has 0 radical (unpaired) electrons. The molecule has 0 atom stereocenters. The number of amides is 1. The molecule has 1 N–H and O–H groups in total. The summed E-state index contributed by atoms with van der Waals surface area (Å²) in [4.78, 5) is 13.1. The van der Waals surface area contributed by atoms with Gasteiger partial charge in [-0.1, -0.05) is 0 Å². The highest BCUT2D eigenvalue weighted by molar-refractivity contribution is 7.89. The van der Waals surface area contributed by atoms with Gasteiger partial charge in [-0.05, 0) is 51.5 Å². The predicted molar refractivity (Wildman–Crippen MR) is 85.2 cm³/mol. The number of rotatable bonds is 5. The molecule has 0 fully saturated rings. The molecule has 6 nitrogen and oxygen atoms in total. The van der Waals surface area contributed by atoms with Gasteiger partial charge in [0.1, 0.15) is 11.4 Å². The molecule has 23 heavy (non-hydrogen) atoms. The van der Waals surface area contributed by atoms with E-state index in [1.807, 2.05) is 0 Å². The van der Waals surface area contributed by atoms with E-state index in [4.69, 9.17) is 4.74 Å². The Labute approximate surface area is 136 Å². The van der Waals surface area contributed by atoms with Gasteiger partial charge in [-0.25, -0.2) is 22.3 Å². The second kappa shape index (κ2) is 7.27. The minimum Gasteiger partial charge on any atom is -0.444 e. The zero-order chi connectivity index (χ0) is 17.8. The van der Waals surface area contributed by atoms with Crippen molar-refractivity contribution in [2.45, 2.75) is 38.2 Å². The molecular weight excluding hydrogens is 323 g/mol. The fourth-order valence-electron chi connectivity index (χ4n) is 1.77. The molecule has 0 unspecified atom stereocenters. The Morgan fingerprint density at radius 1 is 1.35 bits per heavy atom. The van der Waals surface area contributed by atoms with Crippen LogP contribution in [0, 0.1) is 12.7 Å². The van der Waals surface area contributed by atoms with Crippen LogP contribution >= 0.6 is 0 Å². The van der Waals surface area contributed by atoms with Gasteiger partial charge in [-0.15, -0.1) is 0 Å². The van der Waals surface area contributed by atoms with Crippen LogP contribution in [0.25, 0.3) is 0 Å². The van der Waals surface area contributed by atoms with Gasteiger partial charge in [-0.2, -0.15) is 0 Å². The average molecular weight is 346 g/mol. The van der Waals surface area contributed by atoms with Crippen molar-refractivity contribution in [2.24, 2.45) is 0 Å². The molecule has 0 saturated carbocycles. The zero-order valence-corrected chi connectivity index (χ0v) is 14.8. The minimum absolute atomic E-state index is 0.0128. The molecule has 0 aliphatic rings. The molecule has 0 aliphatic carbocycles. The summed E-state index contributed by atoms with van der Waals surface area (Å²) < 4.78 is 44.9. The predicted octanol–water partition coefficient (Wildman–Crippen LogP) is 2.28. The number of carbonyl (C=O) groups excluding carboxylic acids is 1. The second-order valence-corrected chi connectivity index (χ2v) is 7.94. The molecule has 0 bridgehead atoms. The summed E-state index contributed by atoms with van der Waals surface area (Å²) in [6.45, 7) is 6.93. The number of likely N-dealkylation sites (N-methyl/N-ethyl adjacent to an activating group) is 1. The number of hydrogen-bond donors (Lipinski definition) is 1. The van der Waals surface area contributed by atoms with E-state index in [1.54, 1.807) is 20.8 Å². The lowest BCUT2D eigenvalue weighted by atomic mass is 10.2. The van der Waals surface area contributed by atoms with Crippen molar-refractivity contribution >= 4 is 16.1 Å². The molecule has 1 aromatic carbocycles. The maximum atomic E-state index is 13.0. The first-order chi connectivity index (χ1) is 10.4. The van der Waals surface area contributed by atoms with Crippen LogP contribution in [0.5, 0.6) is 0 Å². The van der Waals surface area contributed by atoms with Gasteiger partial charge in [0.2, 0.25) is 10.0 Å². The Bertz CT molecular complexity index is 669. The maximum absolute atomic E-state index is 13.0. The van der Waals surface area contributed by atoms with Gasteiger partial charge in [0, 0.05) is 20.1 Å². The smallest absolute Gasteiger partial charge is 0.410 e. The minimum atomic E-state index is -3.76. The Morgan fingerprint density at radius 3 is 2.48 bits per heavy atom. The van der Waals surface area contributed by atoms with E-state index in [2.05, 4.69) is 4.72 Å². The highest BCUT2D eigenvalue weighted by atomic mass is 32.2. The molecule has 1 aromatic rings. The van der Waals surface area contributed by atoms with Crippen LogP contribution in [-0.2, 0) is 14.8 Å². The number of ether oxygens (including phenoxy) is 1. The van der Waals surface area contributed by atoms with Crippen molar-refractivity contribution in [3.05, 3.63) is 29.6 Å². The Balaban J connectivity index is 2.62. The largest absolute Gasteiger partial charge is 0.444 e. The topological polar surface area (TPSA) is 75.7 Å². The van der Waals surface area contributed by atoms with Crippen molar-refractivity contribution in [2.75, 3.05) is 20.1 Å². The van der Waals surface area contributed by atoms with E-state index in [9.17, 15) is 17.6 Å². The molecule has 130 valence electrons. The fraction of sp³-hybridized carbons (Fsp3) is 0.533. The van der Waals surface area contributed by atoms with E-state index in [-0.39, 0.29) is 18.0 Å². The van der Waals surface area contributed by atoms with Crippen LogP contribution in [0.2, 0.25) is 0 Å². The third-order valence-electron chi connectivity index (χ3n) is 2.87. The van der Waals surface area contributed by atoms with Crippen LogP contribution in [0.4, 0.5) is 9.18 Å². The van der Waals surface area contributed by atoms with Gasteiger partial charge >= 0.3 is 6.09 Å². The average Bonchev–Trinajstić information content (AvgIpc) is 2.35. The monoisotopic (exact) mass is 346 g/mol. The van der Waals surface area contributed by atoms with Gasteiger partial charge in [0.25, 0.3) is 0 Å². The van der Waals surface area contributed by atoms with Crippen LogP contribution in [0.3, 0.4) is 0 Å². The molecule has 8 heteroatoms. The number of nitrogens with zero attached hydrogens (tertiary/aromatic N) is 1. The highest BCUT2D eigenvalue weighted by Gasteiger charge is 2.21. The summed E-state index contributed by atoms with van der Waals surface area (Å²) in [7, 11) is -2.24. The van der Waals surface area contributed by atoms with E-state index >= 15 is 0 Å². The SMILES string of the molecule is Cc1cc(F)ccc1S(=O)(=O)NCCN(C)C(=O)OC(C)(C)C. The molecule has 0 aliphatic heterocycles. The fourth-order valence-corrected chi connectivity index (χ4v) is 3.02. The summed E-state index contributed by atoms with van der Waals surface area (Å²) in [6.07, 6.45) is -0.533. The molecule has 1 rings (SSSR count). The molecule has 0 aromatic heterocycles. The van der Waals surface area contributed by atoms with E-state index in [0.29, 0.717) is 5.56 Å². The molecular formula is C15H23FN2O4S. The lowest BCUT2D eigenvalue weighted by Crippen LogP contribution is -2.39. The first kappa shape index (κ1) is 19.4. The van der Waals surface area contributed by atoms with Crippen molar-refractivity contribution in [3.8, 4) is 0 Å². The maximum Gasteiger partial charge on any atom is 0.410 e. The van der Waals surface area contributed by atoms with E-state index < -0.39 is 27.5 Å². The van der Waals surface area contributed by atoms with E-state index in [1.165, 1.54) is 24.9 Å². The van der Waals surface area contributed by atoms with Crippen molar-refractivity contribution in [1.82, 2.24) is 9.62 Å². The summed E-state index contributed by atoms with van der Waals surface area (Å²) in [5, 5.41) is 0. The zero-order valence-electron chi connectivity index (χ0n) is 14.0. The molecule has 1 amide bonds. The summed E-state index contributed by atoms with van der Waals surface area (Å²) in [6, 6.07) is 3.46. The third kappa shape index (κ3) is 6.15. The van der Waals surface area contributed by atoms with Gasteiger partial charge in [-0.3, -0.25) is 0 Å². The number of aryl methyl sites for hydroxylation is 1. The second-order valence-electron chi connectivity index (χ2n) is 6.21. The van der Waals surface area contributed by atoms with Gasteiger partial charge in [0.05, 0.1) is 4.90 Å². The van der Waals surface area contributed by atoms with Crippen LogP contribution in [0.1, 0.15) is 26.3 Å². The Kier molecular flexibility index (Phi) is 6.12. The Morgan fingerprint density at radius 2 is 1.96 bits per heavy atom. The first-order valence-corrected chi connectivity index (χ1v) is 8.60. The number of hydrogen-bond acceptors (Lipinski definition) is 4. The van der Waals surface area contributed by atoms with Gasteiger partial charge < -0.3 is 9.64 Å². The summed E-state index contributed by atoms with van der Waals surface area (Å²) >= 11 is 0. The quantitative estimate of drug-likeness (QED) is 0.887. The number of benzene rings is 1. The van der Waals surface area contributed by atoms with Crippen LogP contribution < -0.4 is 4.72 Å². The molecule has 0 heterocycles. The summed E-state index contributed by atoms with van der Waals surface area (Å²) in [5.74, 6) is -0.494. The first-order valence-electron chi connectivity index (χ1n) is 7.12. The number of halogens is 1. The normalized spacial score (nSPS) is 12.1. The van der Waals surface area contributed by atoms with E-state index in [0.717, 1.165) is 12.1 Å². The van der Waals surface area contributed by atoms with Crippen LogP contribution in [-0.4, -0.2) is 45.1 Å². The van der Waals surface area contributed by atoms with Crippen LogP contribution in [0.15, 0.2) is 23.1 Å². The lowest BCUT2D eigenvalue weighted by Gasteiger charge is -2.24. The lowest BCUT2D eigenvalue weighted by molar-refractivity contribution is 0.0302. The van der Waals surface area contributed by atoms with Gasteiger partial charge in [0.15, 0.2) is 0 Å². The number of nitrogens with one attached hydrogen (secondary N) is 1. The molecule has 0 spiro atoms.